The van der Waals surface area contributed by atoms with Crippen LogP contribution in [0.15, 0.2) is 46.3 Å². The first-order chi connectivity index (χ1) is 11.9. The second-order valence-corrected chi connectivity index (χ2v) is 5.26. The van der Waals surface area contributed by atoms with E-state index < -0.39 is 23.6 Å². The molecule has 7 heteroatoms. The average molecular weight is 345 g/mol. The maximum atomic E-state index is 12.9. The van der Waals surface area contributed by atoms with E-state index in [2.05, 4.69) is 10.9 Å². The summed E-state index contributed by atoms with van der Waals surface area (Å²) >= 11 is 0. The Balaban J connectivity index is 2.50. The number of hydrogen-bond donors (Lipinski definition) is 2. The van der Waals surface area contributed by atoms with Crippen molar-refractivity contribution in [1.29, 1.82) is 0 Å². The fourth-order valence-corrected chi connectivity index (χ4v) is 2.28. The molecule has 0 spiro atoms. The molecule has 3 N–H and O–H groups in total. The fraction of sp³-hybridized carbons (Fsp3) is 0.222. The molecule has 0 fully saturated rings. The van der Waals surface area contributed by atoms with E-state index in [0.717, 1.165) is 6.07 Å². The molecule has 0 aliphatic heterocycles. The lowest BCUT2D eigenvalue weighted by Gasteiger charge is -2.14. The van der Waals surface area contributed by atoms with Gasteiger partial charge in [0.05, 0.1) is 11.9 Å². The molecule has 0 saturated heterocycles. The Bertz CT molecular complexity index is 898. The highest BCUT2D eigenvalue weighted by Gasteiger charge is 2.15. The quantitative estimate of drug-likeness (QED) is 0.646. The van der Waals surface area contributed by atoms with E-state index in [0.29, 0.717) is 11.3 Å². The van der Waals surface area contributed by atoms with Crippen LogP contribution in [0.1, 0.15) is 24.9 Å². The number of aliphatic imine (C=N–C) groups is 1. The van der Waals surface area contributed by atoms with E-state index in [1.807, 2.05) is 0 Å². The van der Waals surface area contributed by atoms with E-state index in [4.69, 9.17) is 12.2 Å². The molecule has 25 heavy (non-hydrogen) atoms. The standard InChI is InChI=1S/C18H17F2N3O2/c1-3-13(22-14(4-2)18(19)20)11-6-5-7-12(8-11)23-10-16(25)15(24)9-17(23)21/h1,5-10,13,18,25H,4,21H2,2H3. The van der Waals surface area contributed by atoms with Crippen LogP contribution >= 0.6 is 0 Å². The first kappa shape index (κ1) is 18.2. The molecule has 0 aliphatic rings. The number of aromatic nitrogens is 1. The van der Waals surface area contributed by atoms with E-state index in [-0.39, 0.29) is 18.0 Å². The Labute approximate surface area is 143 Å². The van der Waals surface area contributed by atoms with Gasteiger partial charge >= 0.3 is 0 Å². The van der Waals surface area contributed by atoms with Crippen molar-refractivity contribution in [2.45, 2.75) is 25.8 Å². The van der Waals surface area contributed by atoms with Crippen molar-refractivity contribution in [2.75, 3.05) is 5.73 Å². The number of hydrogen-bond acceptors (Lipinski definition) is 4. The molecule has 0 amide bonds. The van der Waals surface area contributed by atoms with Gasteiger partial charge in [0.2, 0.25) is 5.43 Å². The van der Waals surface area contributed by atoms with Crippen LogP contribution in [0.4, 0.5) is 14.6 Å². The SMILES string of the molecule is C#CC(N=C(CC)C(F)F)c1cccc(-n2cc(O)c(=O)cc2N)c1. The van der Waals surface area contributed by atoms with Gasteiger partial charge in [0.15, 0.2) is 5.75 Å². The summed E-state index contributed by atoms with van der Waals surface area (Å²) in [6, 6.07) is 6.83. The molecule has 1 atom stereocenters. The van der Waals surface area contributed by atoms with Crippen LogP contribution in [0.2, 0.25) is 0 Å². The largest absolute Gasteiger partial charge is 0.503 e. The van der Waals surface area contributed by atoms with Crippen LogP contribution < -0.4 is 11.2 Å². The predicted molar refractivity (Wildman–Crippen MR) is 93.4 cm³/mol. The highest BCUT2D eigenvalue weighted by Crippen LogP contribution is 2.23. The number of nitrogens with two attached hydrogens (primary N) is 1. The number of terminal acetylenes is 1. The zero-order valence-corrected chi connectivity index (χ0v) is 13.5. The summed E-state index contributed by atoms with van der Waals surface area (Å²) < 4.78 is 27.2. The molecule has 0 saturated carbocycles. The smallest absolute Gasteiger partial charge is 0.276 e. The molecule has 1 heterocycles. The molecule has 1 aromatic heterocycles. The fourth-order valence-electron chi connectivity index (χ4n) is 2.28. The maximum absolute atomic E-state index is 12.9. The minimum Gasteiger partial charge on any atom is -0.503 e. The number of benzene rings is 1. The molecule has 130 valence electrons. The van der Waals surface area contributed by atoms with Crippen molar-refractivity contribution in [1.82, 2.24) is 4.57 Å². The van der Waals surface area contributed by atoms with Crippen LogP contribution in [-0.2, 0) is 0 Å². The normalized spacial score (nSPS) is 12.8. The van der Waals surface area contributed by atoms with Crippen molar-refractivity contribution in [3.63, 3.8) is 0 Å². The Kier molecular flexibility index (Phi) is 5.55. The molecule has 0 bridgehead atoms. The predicted octanol–water partition coefficient (Wildman–Crippen LogP) is 2.92. The summed E-state index contributed by atoms with van der Waals surface area (Å²) in [6.45, 7) is 1.58. The number of nitrogen functional groups attached to an aromatic ring is 1. The van der Waals surface area contributed by atoms with Crippen molar-refractivity contribution in [3.05, 3.63) is 52.3 Å². The van der Waals surface area contributed by atoms with Crippen molar-refractivity contribution in [2.24, 2.45) is 4.99 Å². The Hall–Kier alpha value is -3.14. The van der Waals surface area contributed by atoms with Gasteiger partial charge in [-0.2, -0.15) is 0 Å². The van der Waals surface area contributed by atoms with Gasteiger partial charge in [0, 0.05) is 11.8 Å². The second kappa shape index (κ2) is 7.62. The molecule has 0 radical (unpaired) electrons. The number of pyridine rings is 1. The zero-order valence-electron chi connectivity index (χ0n) is 13.5. The minimum absolute atomic E-state index is 0.0933. The third kappa shape index (κ3) is 4.04. The van der Waals surface area contributed by atoms with Gasteiger partial charge < -0.3 is 10.8 Å². The monoisotopic (exact) mass is 345 g/mol. The average Bonchev–Trinajstić information content (AvgIpc) is 2.59. The lowest BCUT2D eigenvalue weighted by Crippen LogP contribution is -2.12. The molecule has 5 nitrogen and oxygen atoms in total. The molecular formula is C18H17F2N3O2. The number of rotatable bonds is 5. The molecule has 1 aromatic carbocycles. The van der Waals surface area contributed by atoms with Gasteiger partial charge in [-0.25, -0.2) is 8.78 Å². The Morgan fingerprint density at radius 1 is 1.44 bits per heavy atom. The van der Waals surface area contributed by atoms with E-state index in [1.54, 1.807) is 31.2 Å². The molecule has 2 aromatic rings. The number of halogens is 2. The maximum Gasteiger partial charge on any atom is 0.276 e. The summed E-state index contributed by atoms with van der Waals surface area (Å²) in [5.41, 5.74) is 5.97. The number of nitrogens with zero attached hydrogens (tertiary/aromatic N) is 2. The number of anilines is 1. The summed E-state index contributed by atoms with van der Waals surface area (Å²) in [4.78, 5) is 15.4. The van der Waals surface area contributed by atoms with Crippen molar-refractivity contribution in [3.8, 4) is 23.8 Å². The van der Waals surface area contributed by atoms with Gasteiger partial charge in [-0.15, -0.1) is 6.42 Å². The first-order valence-corrected chi connectivity index (χ1v) is 7.49. The van der Waals surface area contributed by atoms with Crippen molar-refractivity contribution < 1.29 is 13.9 Å². The zero-order chi connectivity index (χ0) is 18.6. The first-order valence-electron chi connectivity index (χ1n) is 7.49. The Morgan fingerprint density at radius 2 is 2.16 bits per heavy atom. The van der Waals surface area contributed by atoms with Gasteiger partial charge in [-0.05, 0) is 24.1 Å². The summed E-state index contributed by atoms with van der Waals surface area (Å²) in [6.07, 6.45) is 4.06. The number of alkyl halides is 2. The second-order valence-electron chi connectivity index (χ2n) is 5.26. The third-order valence-electron chi connectivity index (χ3n) is 3.59. The molecule has 1 unspecified atom stereocenters. The van der Waals surface area contributed by atoms with Crippen LogP contribution in [0.3, 0.4) is 0 Å². The molecule has 2 rings (SSSR count). The van der Waals surface area contributed by atoms with E-state index in [1.165, 1.54) is 10.8 Å². The third-order valence-corrected chi connectivity index (χ3v) is 3.59. The lowest BCUT2D eigenvalue weighted by molar-refractivity contribution is 0.222. The van der Waals surface area contributed by atoms with Crippen LogP contribution in [0, 0.1) is 12.3 Å². The van der Waals surface area contributed by atoms with Gasteiger partial charge in [-0.1, -0.05) is 25.0 Å². The highest BCUT2D eigenvalue weighted by atomic mass is 19.3. The van der Waals surface area contributed by atoms with Crippen LogP contribution in [0.5, 0.6) is 5.75 Å². The Morgan fingerprint density at radius 3 is 2.76 bits per heavy atom. The van der Waals surface area contributed by atoms with Gasteiger partial charge in [0.25, 0.3) is 6.43 Å². The minimum atomic E-state index is -2.67. The molecule has 0 aliphatic carbocycles. The van der Waals surface area contributed by atoms with Crippen LogP contribution in [-0.4, -0.2) is 21.8 Å². The van der Waals surface area contributed by atoms with Gasteiger partial charge in [-0.3, -0.25) is 14.4 Å². The van der Waals surface area contributed by atoms with E-state index >= 15 is 0 Å². The van der Waals surface area contributed by atoms with Crippen molar-refractivity contribution >= 4 is 11.5 Å². The van der Waals surface area contributed by atoms with Gasteiger partial charge in [0.1, 0.15) is 11.9 Å². The molecular weight excluding hydrogens is 328 g/mol. The summed E-state index contributed by atoms with van der Waals surface area (Å²) in [5, 5.41) is 9.60. The summed E-state index contributed by atoms with van der Waals surface area (Å²) in [7, 11) is 0. The highest BCUT2D eigenvalue weighted by molar-refractivity contribution is 5.87. The number of aromatic hydroxyl groups is 1. The topological polar surface area (TPSA) is 80.6 Å². The summed E-state index contributed by atoms with van der Waals surface area (Å²) in [5.74, 6) is 2.04. The van der Waals surface area contributed by atoms with Crippen LogP contribution in [0.25, 0.3) is 5.69 Å². The van der Waals surface area contributed by atoms with E-state index in [9.17, 15) is 18.7 Å². The lowest BCUT2D eigenvalue weighted by atomic mass is 10.1.